The molecule has 0 aromatic heterocycles. The molecule has 0 unspecified atom stereocenters. The summed E-state index contributed by atoms with van der Waals surface area (Å²) in [5, 5.41) is 2.85. The molecule has 1 heterocycles. The standard InChI is InChI=1S/C25H26FN3O4S/c1-34(31,32)29(18-20-4-2-3-5-24(20)26)23-10-6-19(7-11-23)25(30)27-21-8-12-22(13-9-21)28-14-16-33-17-15-28/h2-13H,14-18H2,1H3,(H,27,30). The number of hydrogen-bond donors (Lipinski definition) is 1. The molecule has 0 aliphatic carbocycles. The van der Waals surface area contributed by atoms with Crippen molar-refractivity contribution in [1.29, 1.82) is 0 Å². The molecule has 1 aliphatic heterocycles. The monoisotopic (exact) mass is 483 g/mol. The summed E-state index contributed by atoms with van der Waals surface area (Å²) in [4.78, 5) is 14.9. The largest absolute Gasteiger partial charge is 0.378 e. The number of halogens is 1. The summed E-state index contributed by atoms with van der Waals surface area (Å²) in [7, 11) is -3.67. The first-order chi connectivity index (χ1) is 16.3. The van der Waals surface area contributed by atoms with Crippen molar-refractivity contribution in [3.8, 4) is 0 Å². The van der Waals surface area contributed by atoms with Gasteiger partial charge in [0.2, 0.25) is 10.0 Å². The smallest absolute Gasteiger partial charge is 0.255 e. The van der Waals surface area contributed by atoms with Crippen molar-refractivity contribution < 1.29 is 22.3 Å². The zero-order chi connectivity index (χ0) is 24.1. The molecule has 1 N–H and O–H groups in total. The van der Waals surface area contributed by atoms with E-state index in [9.17, 15) is 17.6 Å². The lowest BCUT2D eigenvalue weighted by molar-refractivity contribution is 0.102. The molecule has 0 atom stereocenters. The van der Waals surface area contributed by atoms with E-state index in [1.807, 2.05) is 24.3 Å². The Morgan fingerprint density at radius 2 is 1.65 bits per heavy atom. The minimum absolute atomic E-state index is 0.146. The minimum atomic E-state index is -3.67. The predicted octanol–water partition coefficient (Wildman–Crippen LogP) is 3.88. The Balaban J connectivity index is 1.45. The number of nitrogens with zero attached hydrogens (tertiary/aromatic N) is 2. The number of morpholine rings is 1. The summed E-state index contributed by atoms with van der Waals surface area (Å²) in [5.41, 5.74) is 2.71. The van der Waals surface area contributed by atoms with E-state index in [2.05, 4.69) is 10.2 Å². The summed E-state index contributed by atoms with van der Waals surface area (Å²) < 4.78 is 45.3. The van der Waals surface area contributed by atoms with E-state index in [1.165, 1.54) is 6.07 Å². The topological polar surface area (TPSA) is 79.0 Å². The van der Waals surface area contributed by atoms with Crippen molar-refractivity contribution >= 4 is 33.0 Å². The van der Waals surface area contributed by atoms with Gasteiger partial charge >= 0.3 is 0 Å². The third kappa shape index (κ3) is 5.73. The highest BCUT2D eigenvalue weighted by atomic mass is 32.2. The van der Waals surface area contributed by atoms with Gasteiger partial charge in [0.25, 0.3) is 5.91 Å². The van der Waals surface area contributed by atoms with Crippen LogP contribution in [0.1, 0.15) is 15.9 Å². The van der Waals surface area contributed by atoms with Gasteiger partial charge in [0.05, 0.1) is 31.7 Å². The Kier molecular flexibility index (Phi) is 7.14. The zero-order valence-electron chi connectivity index (χ0n) is 18.8. The molecular weight excluding hydrogens is 457 g/mol. The SMILES string of the molecule is CS(=O)(=O)N(Cc1ccccc1F)c1ccc(C(=O)Nc2ccc(N3CCOCC3)cc2)cc1. The number of amides is 1. The van der Waals surface area contributed by atoms with Gasteiger partial charge in [-0.2, -0.15) is 0 Å². The van der Waals surface area contributed by atoms with Gasteiger partial charge in [0.15, 0.2) is 0 Å². The molecule has 1 saturated heterocycles. The van der Waals surface area contributed by atoms with Crippen LogP contribution in [0, 0.1) is 5.82 Å². The Hall–Kier alpha value is -3.43. The molecule has 0 spiro atoms. The number of nitrogens with one attached hydrogen (secondary N) is 1. The van der Waals surface area contributed by atoms with Crippen LogP contribution in [-0.2, 0) is 21.3 Å². The summed E-state index contributed by atoms with van der Waals surface area (Å²) in [6.45, 7) is 2.92. The molecule has 4 rings (SSSR count). The molecule has 7 nitrogen and oxygen atoms in total. The maximum Gasteiger partial charge on any atom is 0.255 e. The van der Waals surface area contributed by atoms with E-state index < -0.39 is 15.8 Å². The van der Waals surface area contributed by atoms with Gasteiger partial charge in [-0.1, -0.05) is 18.2 Å². The fourth-order valence-corrected chi connectivity index (χ4v) is 4.62. The van der Waals surface area contributed by atoms with Crippen LogP contribution in [-0.4, -0.2) is 46.9 Å². The van der Waals surface area contributed by atoms with Crippen molar-refractivity contribution in [2.24, 2.45) is 0 Å². The first kappa shape index (κ1) is 23.7. The quantitative estimate of drug-likeness (QED) is 0.552. The zero-order valence-corrected chi connectivity index (χ0v) is 19.6. The summed E-state index contributed by atoms with van der Waals surface area (Å²) in [6, 6.07) is 19.8. The second-order valence-corrected chi connectivity index (χ2v) is 9.92. The summed E-state index contributed by atoms with van der Waals surface area (Å²) >= 11 is 0. The number of benzene rings is 3. The van der Waals surface area contributed by atoms with E-state index >= 15 is 0 Å². The lowest BCUT2D eigenvalue weighted by Gasteiger charge is -2.28. The average Bonchev–Trinajstić information content (AvgIpc) is 2.84. The van der Waals surface area contributed by atoms with Gasteiger partial charge in [0.1, 0.15) is 5.82 Å². The van der Waals surface area contributed by atoms with E-state index in [0.29, 0.717) is 30.2 Å². The number of anilines is 3. The van der Waals surface area contributed by atoms with Gasteiger partial charge in [-0.15, -0.1) is 0 Å². The van der Waals surface area contributed by atoms with Crippen LogP contribution in [0.25, 0.3) is 0 Å². The highest BCUT2D eigenvalue weighted by molar-refractivity contribution is 7.92. The van der Waals surface area contributed by atoms with Gasteiger partial charge in [-0.05, 0) is 54.6 Å². The maximum absolute atomic E-state index is 14.1. The number of hydrogen-bond acceptors (Lipinski definition) is 5. The molecule has 34 heavy (non-hydrogen) atoms. The lowest BCUT2D eigenvalue weighted by Crippen LogP contribution is -2.36. The van der Waals surface area contributed by atoms with Crippen molar-refractivity contribution in [1.82, 2.24) is 0 Å². The number of rotatable bonds is 7. The number of ether oxygens (including phenoxy) is 1. The van der Waals surface area contributed by atoms with Crippen LogP contribution in [0.4, 0.5) is 21.5 Å². The van der Waals surface area contributed by atoms with Gasteiger partial charge < -0.3 is 15.0 Å². The molecule has 1 aliphatic rings. The van der Waals surface area contributed by atoms with Crippen molar-refractivity contribution in [3.63, 3.8) is 0 Å². The first-order valence-corrected chi connectivity index (χ1v) is 12.7. The third-order valence-electron chi connectivity index (χ3n) is 5.59. The van der Waals surface area contributed by atoms with Crippen molar-refractivity contribution in [2.45, 2.75) is 6.54 Å². The number of carbonyl (C=O) groups is 1. The maximum atomic E-state index is 14.1. The minimum Gasteiger partial charge on any atom is -0.378 e. The second-order valence-electron chi connectivity index (χ2n) is 8.01. The van der Waals surface area contributed by atoms with Crippen LogP contribution < -0.4 is 14.5 Å². The third-order valence-corrected chi connectivity index (χ3v) is 6.73. The molecule has 1 amide bonds. The van der Waals surface area contributed by atoms with Crippen LogP contribution >= 0.6 is 0 Å². The molecule has 0 saturated carbocycles. The summed E-state index contributed by atoms with van der Waals surface area (Å²) in [6.07, 6.45) is 1.06. The molecule has 0 radical (unpaired) electrons. The fraction of sp³-hybridized carbons (Fsp3) is 0.240. The molecule has 178 valence electrons. The lowest BCUT2D eigenvalue weighted by atomic mass is 10.1. The Morgan fingerprint density at radius 1 is 1.00 bits per heavy atom. The van der Waals surface area contributed by atoms with Crippen LogP contribution in [0.2, 0.25) is 0 Å². The van der Waals surface area contributed by atoms with Crippen LogP contribution in [0.5, 0.6) is 0 Å². The predicted molar refractivity (Wildman–Crippen MR) is 131 cm³/mol. The van der Waals surface area contributed by atoms with E-state index in [0.717, 1.165) is 29.3 Å². The Bertz CT molecular complexity index is 1240. The second kappa shape index (κ2) is 10.2. The molecular formula is C25H26FN3O4S. The number of sulfonamides is 1. The average molecular weight is 484 g/mol. The van der Waals surface area contributed by atoms with Crippen LogP contribution in [0.3, 0.4) is 0 Å². The Morgan fingerprint density at radius 3 is 2.26 bits per heavy atom. The van der Waals surface area contributed by atoms with Crippen molar-refractivity contribution in [2.75, 3.05) is 47.1 Å². The van der Waals surface area contributed by atoms with Crippen LogP contribution in [0.15, 0.2) is 72.8 Å². The van der Waals surface area contributed by atoms with Crippen molar-refractivity contribution in [3.05, 3.63) is 89.7 Å². The molecule has 3 aromatic carbocycles. The van der Waals surface area contributed by atoms with Gasteiger partial charge in [0, 0.05) is 35.6 Å². The molecule has 0 bridgehead atoms. The molecule has 1 fully saturated rings. The van der Waals surface area contributed by atoms with E-state index in [4.69, 9.17) is 4.74 Å². The van der Waals surface area contributed by atoms with E-state index in [1.54, 1.807) is 42.5 Å². The normalized spacial score (nSPS) is 14.0. The fourth-order valence-electron chi connectivity index (χ4n) is 3.74. The first-order valence-electron chi connectivity index (χ1n) is 10.9. The highest BCUT2D eigenvalue weighted by Gasteiger charge is 2.20. The molecule has 9 heteroatoms. The van der Waals surface area contributed by atoms with Gasteiger partial charge in [-0.25, -0.2) is 12.8 Å². The Labute approximate surface area is 198 Å². The number of carbonyl (C=O) groups excluding carboxylic acids is 1. The summed E-state index contributed by atoms with van der Waals surface area (Å²) in [5.74, 6) is -0.794. The highest BCUT2D eigenvalue weighted by Crippen LogP contribution is 2.23. The van der Waals surface area contributed by atoms with E-state index in [-0.39, 0.29) is 18.0 Å². The molecule has 3 aromatic rings. The van der Waals surface area contributed by atoms with Gasteiger partial charge in [-0.3, -0.25) is 9.10 Å².